The van der Waals surface area contributed by atoms with Gasteiger partial charge in [-0.15, -0.1) is 11.8 Å². The van der Waals surface area contributed by atoms with Crippen LogP contribution in [0.2, 0.25) is 0 Å². The summed E-state index contributed by atoms with van der Waals surface area (Å²) in [6.45, 7) is 0. The Bertz CT molecular complexity index is 439. The molecule has 0 aliphatic heterocycles. The highest BCUT2D eigenvalue weighted by Crippen LogP contribution is 2.41. The van der Waals surface area contributed by atoms with Gasteiger partial charge in [0.1, 0.15) is 11.4 Å². The lowest BCUT2D eigenvalue weighted by molar-refractivity contribution is 0.441. The average Bonchev–Trinajstić information content (AvgIpc) is 3.16. The molecule has 4 heteroatoms. The van der Waals surface area contributed by atoms with Gasteiger partial charge in [-0.25, -0.2) is 4.39 Å². The zero-order valence-corrected chi connectivity index (χ0v) is 10.6. The van der Waals surface area contributed by atoms with Crippen molar-refractivity contribution in [3.63, 3.8) is 0 Å². The maximum atomic E-state index is 13.0. The molecule has 1 N–H and O–H groups in total. The number of hydrogen-bond acceptors (Lipinski definition) is 3. The first-order valence-electron chi connectivity index (χ1n) is 5.69. The summed E-state index contributed by atoms with van der Waals surface area (Å²) < 4.78 is 13.0. The molecule has 0 radical (unpaired) electrons. The summed E-state index contributed by atoms with van der Waals surface area (Å²) in [6, 6.07) is 8.90. The van der Waals surface area contributed by atoms with Crippen LogP contribution in [0.25, 0.3) is 0 Å². The van der Waals surface area contributed by atoms with Crippen LogP contribution in [-0.4, -0.2) is 18.3 Å². The molecule has 0 saturated heterocycles. The average molecular weight is 250 g/mol. The first-order chi connectivity index (χ1) is 8.20. The zero-order chi connectivity index (χ0) is 12.3. The van der Waals surface area contributed by atoms with Crippen LogP contribution in [0.4, 0.5) is 4.39 Å². The second-order valence-electron chi connectivity index (χ2n) is 4.35. The first kappa shape index (κ1) is 12.4. The molecule has 1 atom stereocenters. The van der Waals surface area contributed by atoms with E-state index in [-0.39, 0.29) is 5.82 Å². The number of benzene rings is 1. The van der Waals surface area contributed by atoms with Crippen molar-refractivity contribution in [3.05, 3.63) is 30.1 Å². The quantitative estimate of drug-likeness (QED) is 0.816. The number of nitrogens with one attached hydrogen (secondary N) is 1. The molecule has 1 aromatic carbocycles. The number of rotatable bonds is 5. The Hall–Kier alpha value is -1.05. The topological polar surface area (TPSA) is 35.8 Å². The normalized spacial score (nSPS) is 18.4. The van der Waals surface area contributed by atoms with E-state index in [9.17, 15) is 9.65 Å². The van der Waals surface area contributed by atoms with Crippen molar-refractivity contribution in [3.8, 4) is 6.07 Å². The third kappa shape index (κ3) is 2.80. The van der Waals surface area contributed by atoms with Crippen LogP contribution in [0.1, 0.15) is 12.8 Å². The Kier molecular flexibility index (Phi) is 3.70. The molecule has 2 nitrogen and oxygen atoms in total. The number of nitriles is 1. The Morgan fingerprint density at radius 3 is 2.88 bits per heavy atom. The monoisotopic (exact) mass is 250 g/mol. The molecule has 1 aromatic rings. The minimum Gasteiger partial charge on any atom is -0.302 e. The van der Waals surface area contributed by atoms with Gasteiger partial charge in [0.2, 0.25) is 0 Å². The molecule has 17 heavy (non-hydrogen) atoms. The zero-order valence-electron chi connectivity index (χ0n) is 9.74. The van der Waals surface area contributed by atoms with Gasteiger partial charge in [0, 0.05) is 10.6 Å². The van der Waals surface area contributed by atoms with Gasteiger partial charge < -0.3 is 5.32 Å². The van der Waals surface area contributed by atoms with Crippen molar-refractivity contribution in [1.29, 1.82) is 5.26 Å². The van der Waals surface area contributed by atoms with Crippen molar-refractivity contribution in [2.24, 2.45) is 5.92 Å². The third-order valence-corrected chi connectivity index (χ3v) is 4.37. The first-order valence-corrected chi connectivity index (χ1v) is 6.67. The molecule has 1 aliphatic carbocycles. The van der Waals surface area contributed by atoms with E-state index < -0.39 is 5.54 Å². The summed E-state index contributed by atoms with van der Waals surface area (Å²) >= 11 is 1.53. The smallest absolute Gasteiger partial charge is 0.124 e. The SMILES string of the molecule is CNC(C#N)(CSc1cccc(F)c1)C1CC1. The maximum absolute atomic E-state index is 13.0. The molecule has 1 unspecified atom stereocenters. The predicted molar refractivity (Wildman–Crippen MR) is 67.3 cm³/mol. The largest absolute Gasteiger partial charge is 0.302 e. The van der Waals surface area contributed by atoms with E-state index >= 15 is 0 Å². The molecule has 2 rings (SSSR count). The van der Waals surface area contributed by atoms with Crippen molar-refractivity contribution in [2.45, 2.75) is 23.3 Å². The molecule has 1 fully saturated rings. The highest BCUT2D eigenvalue weighted by molar-refractivity contribution is 7.99. The van der Waals surface area contributed by atoms with Gasteiger partial charge in [-0.3, -0.25) is 0 Å². The van der Waals surface area contributed by atoms with Crippen LogP contribution in [0, 0.1) is 23.1 Å². The number of halogens is 1. The predicted octanol–water partition coefficient (Wildman–Crippen LogP) is 2.81. The van der Waals surface area contributed by atoms with Gasteiger partial charge in [0.25, 0.3) is 0 Å². The Morgan fingerprint density at radius 1 is 1.59 bits per heavy atom. The third-order valence-electron chi connectivity index (χ3n) is 3.18. The Morgan fingerprint density at radius 2 is 2.35 bits per heavy atom. The van der Waals surface area contributed by atoms with Crippen LogP contribution in [-0.2, 0) is 0 Å². The summed E-state index contributed by atoms with van der Waals surface area (Å²) in [7, 11) is 1.83. The van der Waals surface area contributed by atoms with Crippen LogP contribution in [0.15, 0.2) is 29.2 Å². The molecule has 0 aromatic heterocycles. The minimum absolute atomic E-state index is 0.228. The second kappa shape index (κ2) is 5.07. The van der Waals surface area contributed by atoms with E-state index in [0.717, 1.165) is 17.7 Å². The number of thioether (sulfide) groups is 1. The van der Waals surface area contributed by atoms with Gasteiger partial charge in [-0.2, -0.15) is 5.26 Å². The summed E-state index contributed by atoms with van der Waals surface area (Å²) in [5.74, 6) is 0.876. The lowest BCUT2D eigenvalue weighted by Crippen LogP contribution is -2.46. The van der Waals surface area contributed by atoms with Gasteiger partial charge in [0.05, 0.1) is 6.07 Å². The molecule has 0 heterocycles. The lowest BCUT2D eigenvalue weighted by Gasteiger charge is -2.25. The molecule has 0 bridgehead atoms. The summed E-state index contributed by atoms with van der Waals surface area (Å²) in [6.07, 6.45) is 2.22. The van der Waals surface area contributed by atoms with E-state index in [2.05, 4.69) is 11.4 Å². The number of nitrogens with zero attached hydrogens (tertiary/aromatic N) is 1. The highest BCUT2D eigenvalue weighted by atomic mass is 32.2. The molecular weight excluding hydrogens is 235 g/mol. The highest BCUT2D eigenvalue weighted by Gasteiger charge is 2.44. The number of hydrogen-bond donors (Lipinski definition) is 1. The fraction of sp³-hybridized carbons (Fsp3) is 0.462. The molecular formula is C13H15FN2S. The fourth-order valence-electron chi connectivity index (χ4n) is 1.90. The van der Waals surface area contributed by atoms with Gasteiger partial charge >= 0.3 is 0 Å². The van der Waals surface area contributed by atoms with E-state index in [1.807, 2.05) is 13.1 Å². The van der Waals surface area contributed by atoms with E-state index in [0.29, 0.717) is 11.7 Å². The van der Waals surface area contributed by atoms with Crippen LogP contribution >= 0.6 is 11.8 Å². The van der Waals surface area contributed by atoms with Gasteiger partial charge in [0.15, 0.2) is 0 Å². The molecule has 1 saturated carbocycles. The van der Waals surface area contributed by atoms with Crippen molar-refractivity contribution >= 4 is 11.8 Å². The van der Waals surface area contributed by atoms with Gasteiger partial charge in [-0.1, -0.05) is 6.07 Å². The summed E-state index contributed by atoms with van der Waals surface area (Å²) in [5, 5.41) is 12.5. The minimum atomic E-state index is -0.461. The van der Waals surface area contributed by atoms with Crippen molar-refractivity contribution < 1.29 is 4.39 Å². The van der Waals surface area contributed by atoms with E-state index in [4.69, 9.17) is 0 Å². The van der Waals surface area contributed by atoms with Gasteiger partial charge in [-0.05, 0) is 44.0 Å². The second-order valence-corrected chi connectivity index (χ2v) is 5.40. The van der Waals surface area contributed by atoms with Crippen molar-refractivity contribution in [2.75, 3.05) is 12.8 Å². The van der Waals surface area contributed by atoms with Crippen LogP contribution in [0.3, 0.4) is 0 Å². The molecule has 90 valence electrons. The summed E-state index contributed by atoms with van der Waals surface area (Å²) in [5.41, 5.74) is -0.461. The van der Waals surface area contributed by atoms with E-state index in [1.54, 1.807) is 6.07 Å². The summed E-state index contributed by atoms with van der Waals surface area (Å²) in [4.78, 5) is 0.875. The van der Waals surface area contributed by atoms with Crippen LogP contribution in [0.5, 0.6) is 0 Å². The Labute approximate surface area is 105 Å². The maximum Gasteiger partial charge on any atom is 0.124 e. The van der Waals surface area contributed by atoms with Crippen LogP contribution < -0.4 is 5.32 Å². The lowest BCUT2D eigenvalue weighted by atomic mass is 9.98. The fourth-order valence-corrected chi connectivity index (χ4v) is 3.11. The molecule has 0 amide bonds. The molecule has 1 aliphatic rings. The van der Waals surface area contributed by atoms with E-state index in [1.165, 1.54) is 23.9 Å². The van der Waals surface area contributed by atoms with Crippen molar-refractivity contribution in [1.82, 2.24) is 5.32 Å². The standard InChI is InChI=1S/C13H15FN2S/c1-16-13(8-15,10-5-6-10)9-17-12-4-2-3-11(14)7-12/h2-4,7,10,16H,5-6,9H2,1H3. The molecule has 0 spiro atoms. The Balaban J connectivity index is 2.03.